The van der Waals surface area contributed by atoms with Crippen molar-refractivity contribution in [2.24, 2.45) is 5.14 Å². The van der Waals surface area contributed by atoms with E-state index in [2.05, 4.69) is 21.1 Å². The monoisotopic (exact) mass is 431 g/mol. The van der Waals surface area contributed by atoms with Gasteiger partial charge in [0, 0.05) is 12.7 Å². The van der Waals surface area contributed by atoms with Crippen LogP contribution >= 0.6 is 0 Å². The minimum Gasteiger partial charge on any atom is -0.598 e. The number of rotatable bonds is 6. The largest absolute Gasteiger partial charge is 0.598 e. The van der Waals surface area contributed by atoms with E-state index in [4.69, 9.17) is 14.4 Å². The van der Waals surface area contributed by atoms with E-state index in [1.807, 2.05) is 0 Å². The summed E-state index contributed by atoms with van der Waals surface area (Å²) in [5.41, 5.74) is 8.44. The second-order valence-electron chi connectivity index (χ2n) is 6.22. The van der Waals surface area contributed by atoms with E-state index in [9.17, 15) is 12.8 Å². The molecule has 0 fully saturated rings. The number of halogens is 1. The van der Waals surface area contributed by atoms with Crippen molar-refractivity contribution >= 4 is 21.4 Å². The highest BCUT2D eigenvalue weighted by Crippen LogP contribution is 2.34. The normalized spacial score (nSPS) is 14.3. The first-order chi connectivity index (χ1) is 14.4. The molecule has 2 heterocycles. The van der Waals surface area contributed by atoms with Crippen LogP contribution < -0.4 is 15.7 Å². The van der Waals surface area contributed by atoms with Crippen LogP contribution in [0.4, 0.5) is 10.1 Å². The molecule has 12 heteroatoms. The van der Waals surface area contributed by atoms with Crippen LogP contribution in [-0.2, 0) is 14.8 Å². The Labute approximate surface area is 171 Å². The molecule has 0 bridgehead atoms. The number of hydrazine groups is 1. The lowest BCUT2D eigenvalue weighted by molar-refractivity contribution is 0.223. The molecule has 0 atom stereocenters. The zero-order valence-electron chi connectivity index (χ0n) is 15.6. The molecule has 1 aliphatic rings. The molecule has 4 rings (SSSR count). The van der Waals surface area contributed by atoms with E-state index in [1.165, 1.54) is 42.5 Å². The number of hydrogen-bond acceptors (Lipinski definition) is 8. The summed E-state index contributed by atoms with van der Waals surface area (Å²) in [6.07, 6.45) is 0. The van der Waals surface area contributed by atoms with Gasteiger partial charge in [0.1, 0.15) is 5.82 Å². The van der Waals surface area contributed by atoms with Crippen molar-refractivity contribution in [2.75, 3.05) is 18.7 Å². The van der Waals surface area contributed by atoms with Gasteiger partial charge in [-0.2, -0.15) is 4.98 Å². The number of nitrogens with two attached hydrogens (primary N) is 1. The first-order valence-corrected chi connectivity index (χ1v) is 10.1. The first-order valence-electron chi connectivity index (χ1n) is 8.59. The van der Waals surface area contributed by atoms with Crippen molar-refractivity contribution in [3.63, 3.8) is 0 Å². The Kier molecular flexibility index (Phi) is 5.22. The Morgan fingerprint density at radius 2 is 1.97 bits per heavy atom. The lowest BCUT2D eigenvalue weighted by Crippen LogP contribution is -2.31. The predicted octanol–water partition coefficient (Wildman–Crippen LogP) is 2.15. The van der Waals surface area contributed by atoms with Crippen LogP contribution in [0, 0.1) is 5.82 Å². The van der Waals surface area contributed by atoms with Crippen LogP contribution in [0.2, 0.25) is 0 Å². The van der Waals surface area contributed by atoms with Crippen LogP contribution in [0.25, 0.3) is 22.5 Å². The third-order valence-electron chi connectivity index (χ3n) is 4.25. The van der Waals surface area contributed by atoms with Gasteiger partial charge in [0.25, 0.3) is 0 Å². The number of benzene rings is 2. The fourth-order valence-corrected chi connectivity index (χ4v) is 3.35. The molecule has 0 radical (unpaired) electrons. The molecule has 0 saturated carbocycles. The summed E-state index contributed by atoms with van der Waals surface area (Å²) in [5, 5.41) is 10.4. The van der Waals surface area contributed by atoms with E-state index in [1.54, 1.807) is 18.2 Å². The predicted molar refractivity (Wildman–Crippen MR) is 105 cm³/mol. The van der Waals surface area contributed by atoms with Crippen LogP contribution in [0.3, 0.4) is 0 Å². The second kappa shape index (κ2) is 7.84. The Morgan fingerprint density at radius 3 is 2.63 bits per heavy atom. The average Bonchev–Trinajstić information content (AvgIpc) is 3.35. The third-order valence-corrected chi connectivity index (χ3v) is 5.18. The number of anilines is 1. The fraction of sp³-hybridized carbons (Fsp3) is 0.111. The summed E-state index contributed by atoms with van der Waals surface area (Å²) in [5.74, 6) is -0.148. The lowest BCUT2D eigenvalue weighted by Gasteiger charge is -2.26. The van der Waals surface area contributed by atoms with E-state index >= 15 is 0 Å². The molecule has 10 nitrogen and oxygen atoms in total. The van der Waals surface area contributed by atoms with Gasteiger partial charge < -0.3 is 20.2 Å². The van der Waals surface area contributed by atoms with Gasteiger partial charge >= 0.3 is 0 Å². The summed E-state index contributed by atoms with van der Waals surface area (Å²) < 4.78 is 47.6. The molecule has 1 aromatic heterocycles. The Hall–Kier alpha value is -3.32. The fourth-order valence-electron chi connectivity index (χ4n) is 2.83. The van der Waals surface area contributed by atoms with Crippen molar-refractivity contribution in [3.05, 3.63) is 71.4 Å². The maximum atomic E-state index is 14.2. The zero-order valence-corrected chi connectivity index (χ0v) is 16.4. The standard InChI is InChI=1S/C18H16FN6O4S/c1-28-10-15-16(22-24-25(15)14-5-3-2-4-13(14)19)18-21-17(23-29-18)11-6-8-12(9-7-11)30(20,26)27/h2-9,24H,10H2,1H3,(H2,20,26,27)/q-1. The van der Waals surface area contributed by atoms with Gasteiger partial charge in [-0.05, 0) is 42.1 Å². The molecule has 156 valence electrons. The molecular formula is C18H16FN6O4S-. The van der Waals surface area contributed by atoms with E-state index in [0.29, 0.717) is 17.0 Å². The third kappa shape index (κ3) is 3.76. The van der Waals surface area contributed by atoms with Gasteiger partial charge in [0.2, 0.25) is 21.7 Å². The maximum absolute atomic E-state index is 14.2. The first kappa shape index (κ1) is 20.0. The number of para-hydroxylation sites is 1. The van der Waals surface area contributed by atoms with Crippen molar-refractivity contribution in [1.29, 1.82) is 0 Å². The SMILES string of the molecule is COCC1=C(c2nc(-c3ccc(S(N)(=O)=O)cc3)no2)[N-]NN1c1ccccc1F. The average molecular weight is 431 g/mol. The minimum absolute atomic E-state index is 0.0319. The Balaban J connectivity index is 1.68. The van der Waals surface area contributed by atoms with Crippen molar-refractivity contribution in [1.82, 2.24) is 15.7 Å². The van der Waals surface area contributed by atoms with Crippen LogP contribution in [-0.4, -0.2) is 32.3 Å². The molecule has 0 unspecified atom stereocenters. The molecule has 3 N–H and O–H groups in total. The van der Waals surface area contributed by atoms with E-state index in [-0.39, 0.29) is 28.9 Å². The number of aromatic nitrogens is 2. The second-order valence-corrected chi connectivity index (χ2v) is 7.78. The maximum Gasteiger partial charge on any atom is 0.238 e. The molecule has 0 aliphatic carbocycles. The number of ether oxygens (including phenoxy) is 1. The van der Waals surface area contributed by atoms with Gasteiger partial charge in [0.15, 0.2) is 0 Å². The van der Waals surface area contributed by atoms with Gasteiger partial charge in [0.05, 0.1) is 22.9 Å². The van der Waals surface area contributed by atoms with Gasteiger partial charge in [-0.1, -0.05) is 17.3 Å². The molecule has 2 aromatic carbocycles. The van der Waals surface area contributed by atoms with Crippen LogP contribution in [0.15, 0.2) is 63.6 Å². The minimum atomic E-state index is -3.80. The van der Waals surface area contributed by atoms with Crippen LogP contribution in [0.5, 0.6) is 0 Å². The molecule has 0 saturated heterocycles. The zero-order chi connectivity index (χ0) is 21.3. The summed E-state index contributed by atoms with van der Waals surface area (Å²) in [4.78, 5) is 4.28. The Morgan fingerprint density at radius 1 is 1.23 bits per heavy atom. The topological polar surface area (TPSA) is 138 Å². The molecule has 0 amide bonds. The highest BCUT2D eigenvalue weighted by molar-refractivity contribution is 7.89. The van der Waals surface area contributed by atoms with E-state index < -0.39 is 15.8 Å². The number of hydrogen-bond donors (Lipinski definition) is 2. The smallest absolute Gasteiger partial charge is 0.238 e. The van der Waals surface area contributed by atoms with Crippen LogP contribution in [0.1, 0.15) is 5.89 Å². The number of primary sulfonamides is 1. The quantitative estimate of drug-likeness (QED) is 0.606. The van der Waals surface area contributed by atoms with E-state index in [0.717, 1.165) is 0 Å². The number of sulfonamides is 1. The van der Waals surface area contributed by atoms with Gasteiger partial charge in [-0.3, -0.25) is 5.01 Å². The van der Waals surface area contributed by atoms with Crippen molar-refractivity contribution in [3.8, 4) is 11.4 Å². The summed E-state index contributed by atoms with van der Waals surface area (Å²) in [6, 6.07) is 11.9. The number of nitrogens with one attached hydrogen (secondary N) is 1. The highest BCUT2D eigenvalue weighted by Gasteiger charge is 2.23. The van der Waals surface area contributed by atoms with Gasteiger partial charge in [-0.15, -0.1) is 0 Å². The number of nitrogens with zero attached hydrogens (tertiary/aromatic N) is 4. The summed E-state index contributed by atoms with van der Waals surface area (Å²) in [7, 11) is -2.31. The molecule has 3 aromatic rings. The van der Waals surface area contributed by atoms with Crippen molar-refractivity contribution < 1.29 is 22.1 Å². The highest BCUT2D eigenvalue weighted by atomic mass is 32.2. The van der Waals surface area contributed by atoms with Crippen molar-refractivity contribution in [2.45, 2.75) is 4.90 Å². The summed E-state index contributed by atoms with van der Waals surface area (Å²) >= 11 is 0. The molecule has 1 aliphatic heterocycles. The molecule has 30 heavy (non-hydrogen) atoms. The number of methoxy groups -OCH3 is 1. The lowest BCUT2D eigenvalue weighted by atomic mass is 10.2. The molecule has 0 spiro atoms. The van der Waals surface area contributed by atoms with Gasteiger partial charge in [-0.25, -0.2) is 17.9 Å². The molecular weight excluding hydrogens is 415 g/mol. The Bertz CT molecular complexity index is 1210. The summed E-state index contributed by atoms with van der Waals surface area (Å²) in [6.45, 7) is 0.0982.